The van der Waals surface area contributed by atoms with Crippen LogP contribution in [0.2, 0.25) is 0 Å². The number of nitrogens with one attached hydrogen (secondary N) is 2. The molecular formula is C16H21N3OS. The Morgan fingerprint density at radius 1 is 1.29 bits per heavy atom. The van der Waals surface area contributed by atoms with E-state index in [0.717, 1.165) is 11.4 Å². The molecule has 0 spiro atoms. The first-order chi connectivity index (χ1) is 10.1. The van der Waals surface area contributed by atoms with E-state index < -0.39 is 0 Å². The zero-order valence-electron chi connectivity index (χ0n) is 12.6. The average molecular weight is 303 g/mol. The molecule has 21 heavy (non-hydrogen) atoms. The van der Waals surface area contributed by atoms with Gasteiger partial charge in [-0.2, -0.15) is 0 Å². The number of likely N-dealkylation sites (N-methyl/N-ethyl adjacent to an activating group) is 1. The van der Waals surface area contributed by atoms with E-state index >= 15 is 0 Å². The molecule has 4 nitrogen and oxygen atoms in total. The lowest BCUT2D eigenvalue weighted by atomic mass is 10.2. The number of thiocarbonyl (C=S) groups is 1. The van der Waals surface area contributed by atoms with E-state index in [1.54, 1.807) is 6.26 Å². The zero-order chi connectivity index (χ0) is 15.2. The van der Waals surface area contributed by atoms with Gasteiger partial charge < -0.3 is 15.1 Å². The molecule has 0 fully saturated rings. The maximum atomic E-state index is 5.48. The topological polar surface area (TPSA) is 40.4 Å². The fourth-order valence-electron chi connectivity index (χ4n) is 2.11. The van der Waals surface area contributed by atoms with Crippen molar-refractivity contribution in [2.75, 3.05) is 26.0 Å². The van der Waals surface area contributed by atoms with Crippen molar-refractivity contribution in [3.63, 3.8) is 0 Å². The molecule has 0 amide bonds. The van der Waals surface area contributed by atoms with Gasteiger partial charge in [-0.3, -0.25) is 4.90 Å². The van der Waals surface area contributed by atoms with E-state index in [9.17, 15) is 0 Å². The third-order valence-corrected chi connectivity index (χ3v) is 3.47. The molecule has 112 valence electrons. The summed E-state index contributed by atoms with van der Waals surface area (Å²) in [5.74, 6) is 0.922. The molecule has 2 rings (SSSR count). The molecule has 1 heterocycles. The summed E-state index contributed by atoms with van der Waals surface area (Å²) in [6, 6.07) is 12.1. The fourth-order valence-corrected chi connectivity index (χ4v) is 2.31. The lowest BCUT2D eigenvalue weighted by Crippen LogP contribution is -2.36. The summed E-state index contributed by atoms with van der Waals surface area (Å²) < 4.78 is 5.48. The highest BCUT2D eigenvalue weighted by Crippen LogP contribution is 2.17. The van der Waals surface area contributed by atoms with Gasteiger partial charge in [0, 0.05) is 12.2 Å². The summed E-state index contributed by atoms with van der Waals surface area (Å²) >= 11 is 5.34. The first kappa shape index (κ1) is 15.5. The van der Waals surface area contributed by atoms with Crippen molar-refractivity contribution in [1.29, 1.82) is 0 Å². The first-order valence-corrected chi connectivity index (χ1v) is 7.28. The van der Waals surface area contributed by atoms with Crippen molar-refractivity contribution >= 4 is 23.0 Å². The smallest absolute Gasteiger partial charge is 0.170 e. The van der Waals surface area contributed by atoms with E-state index in [1.165, 1.54) is 5.56 Å². The summed E-state index contributed by atoms with van der Waals surface area (Å²) in [4.78, 5) is 2.10. The van der Waals surface area contributed by atoms with E-state index in [0.29, 0.717) is 11.7 Å². The van der Waals surface area contributed by atoms with Crippen molar-refractivity contribution in [3.05, 3.63) is 54.0 Å². The Hall–Kier alpha value is -1.85. The van der Waals surface area contributed by atoms with Crippen molar-refractivity contribution in [2.45, 2.75) is 13.0 Å². The van der Waals surface area contributed by atoms with Crippen molar-refractivity contribution < 1.29 is 4.42 Å². The Morgan fingerprint density at radius 2 is 2.10 bits per heavy atom. The lowest BCUT2D eigenvalue weighted by Gasteiger charge is -2.23. The Bertz CT molecular complexity index is 581. The maximum absolute atomic E-state index is 5.48. The van der Waals surface area contributed by atoms with Crippen molar-refractivity contribution in [2.24, 2.45) is 0 Å². The second kappa shape index (κ2) is 7.24. The largest absolute Gasteiger partial charge is 0.468 e. The second-order valence-electron chi connectivity index (χ2n) is 5.20. The fraction of sp³-hybridized carbons (Fsp3) is 0.312. The number of hydrogen-bond donors (Lipinski definition) is 2. The van der Waals surface area contributed by atoms with E-state index in [2.05, 4.69) is 34.6 Å². The van der Waals surface area contributed by atoms with E-state index in [4.69, 9.17) is 16.6 Å². The number of furan rings is 1. The van der Waals surface area contributed by atoms with Gasteiger partial charge >= 0.3 is 0 Å². The van der Waals surface area contributed by atoms with Crippen LogP contribution < -0.4 is 10.6 Å². The van der Waals surface area contributed by atoms with Crippen LogP contribution in [0.25, 0.3) is 0 Å². The molecule has 2 N–H and O–H groups in total. The quantitative estimate of drug-likeness (QED) is 0.830. The molecule has 0 aliphatic carbocycles. The molecule has 1 aromatic heterocycles. The molecule has 0 aliphatic heterocycles. The molecule has 0 bridgehead atoms. The van der Waals surface area contributed by atoms with Gasteiger partial charge in [-0.1, -0.05) is 12.1 Å². The highest BCUT2D eigenvalue weighted by atomic mass is 32.1. The minimum absolute atomic E-state index is 0.136. The number of benzene rings is 1. The van der Waals surface area contributed by atoms with Gasteiger partial charge in [0.25, 0.3) is 0 Å². The number of aryl methyl sites for hydroxylation is 1. The molecule has 0 saturated carbocycles. The minimum Gasteiger partial charge on any atom is -0.468 e. The summed E-state index contributed by atoms with van der Waals surface area (Å²) in [7, 11) is 4.04. The van der Waals surface area contributed by atoms with Crippen LogP contribution in [-0.4, -0.2) is 30.7 Å². The first-order valence-electron chi connectivity index (χ1n) is 6.87. The van der Waals surface area contributed by atoms with Gasteiger partial charge in [0.1, 0.15) is 5.76 Å². The Balaban J connectivity index is 1.90. The molecule has 0 unspecified atom stereocenters. The molecule has 5 heteroatoms. The van der Waals surface area contributed by atoms with Gasteiger partial charge in [0.15, 0.2) is 5.11 Å². The predicted molar refractivity (Wildman–Crippen MR) is 90.5 cm³/mol. The minimum atomic E-state index is 0.136. The Morgan fingerprint density at radius 3 is 2.71 bits per heavy atom. The number of nitrogens with zero attached hydrogens (tertiary/aromatic N) is 1. The van der Waals surface area contributed by atoms with Gasteiger partial charge in [0.2, 0.25) is 0 Å². The average Bonchev–Trinajstić information content (AvgIpc) is 2.92. The van der Waals surface area contributed by atoms with E-state index in [1.807, 2.05) is 38.4 Å². The van der Waals surface area contributed by atoms with Gasteiger partial charge in [0.05, 0.1) is 12.3 Å². The zero-order valence-corrected chi connectivity index (χ0v) is 13.4. The molecule has 0 saturated heterocycles. The summed E-state index contributed by atoms with van der Waals surface area (Å²) in [6.45, 7) is 2.73. The number of anilines is 1. The predicted octanol–water partition coefficient (Wildman–Crippen LogP) is 3.18. The summed E-state index contributed by atoms with van der Waals surface area (Å²) in [5, 5.41) is 7.04. The second-order valence-corrected chi connectivity index (χ2v) is 5.61. The van der Waals surface area contributed by atoms with Crippen molar-refractivity contribution in [3.8, 4) is 0 Å². The molecule has 0 aliphatic rings. The summed E-state index contributed by atoms with van der Waals surface area (Å²) in [5.41, 5.74) is 2.19. The third kappa shape index (κ3) is 4.58. The van der Waals surface area contributed by atoms with Crippen LogP contribution in [0, 0.1) is 6.92 Å². The Kier molecular flexibility index (Phi) is 5.36. The van der Waals surface area contributed by atoms with Gasteiger partial charge in [-0.25, -0.2) is 0 Å². The molecule has 1 aromatic carbocycles. The van der Waals surface area contributed by atoms with Crippen LogP contribution in [0.3, 0.4) is 0 Å². The molecular weight excluding hydrogens is 282 g/mol. The van der Waals surface area contributed by atoms with Gasteiger partial charge in [-0.15, -0.1) is 0 Å². The Labute approximate surface area is 131 Å². The van der Waals surface area contributed by atoms with Crippen LogP contribution in [0.5, 0.6) is 0 Å². The SMILES string of the molecule is Cc1cccc(NC(=S)NC[C@H](c2ccco2)N(C)C)c1. The molecule has 2 aromatic rings. The molecule has 0 radical (unpaired) electrons. The summed E-state index contributed by atoms with van der Waals surface area (Å²) in [6.07, 6.45) is 1.69. The van der Waals surface area contributed by atoms with Crippen LogP contribution in [0.1, 0.15) is 17.4 Å². The highest BCUT2D eigenvalue weighted by Gasteiger charge is 2.16. The van der Waals surface area contributed by atoms with Crippen LogP contribution in [-0.2, 0) is 0 Å². The maximum Gasteiger partial charge on any atom is 0.170 e. The van der Waals surface area contributed by atoms with Crippen LogP contribution in [0.15, 0.2) is 47.1 Å². The number of rotatable bonds is 5. The molecule has 1 atom stereocenters. The van der Waals surface area contributed by atoms with Crippen LogP contribution in [0.4, 0.5) is 5.69 Å². The van der Waals surface area contributed by atoms with E-state index in [-0.39, 0.29) is 6.04 Å². The number of hydrogen-bond acceptors (Lipinski definition) is 3. The standard InChI is InChI=1S/C16H21N3OS/c1-12-6-4-7-13(10-12)18-16(21)17-11-14(19(2)3)15-8-5-9-20-15/h4-10,14H,11H2,1-3H3,(H2,17,18,21)/t14-/m1/s1. The highest BCUT2D eigenvalue weighted by molar-refractivity contribution is 7.80. The van der Waals surface area contributed by atoms with Crippen molar-refractivity contribution in [1.82, 2.24) is 10.2 Å². The normalized spacial score (nSPS) is 12.2. The monoisotopic (exact) mass is 303 g/mol. The van der Waals surface area contributed by atoms with Gasteiger partial charge in [-0.05, 0) is 63.1 Å². The van der Waals surface area contributed by atoms with Crippen LogP contribution >= 0.6 is 12.2 Å². The lowest BCUT2D eigenvalue weighted by molar-refractivity contribution is 0.259. The third-order valence-electron chi connectivity index (χ3n) is 3.23.